The number of nitrogens with one attached hydrogen (secondary N) is 1. The molecule has 0 spiro atoms. The predicted molar refractivity (Wildman–Crippen MR) is 144 cm³/mol. The number of carbonyl (C=O) groups is 2. The lowest BCUT2D eigenvalue weighted by atomic mass is 10.1. The van der Waals surface area contributed by atoms with Crippen molar-refractivity contribution in [2.24, 2.45) is 0 Å². The minimum absolute atomic E-state index is 0.000306. The Morgan fingerprint density at radius 2 is 2.18 bits per heavy atom. The van der Waals surface area contributed by atoms with Crippen molar-refractivity contribution in [1.82, 2.24) is 34.5 Å². The summed E-state index contributed by atoms with van der Waals surface area (Å²) < 4.78 is 7.29. The lowest BCUT2D eigenvalue weighted by Crippen LogP contribution is -2.40. The summed E-state index contributed by atoms with van der Waals surface area (Å²) in [7, 11) is 2.00. The standard InChI is InChI=1S/C25H28ClN9O3/c1-3-33(2)10-5-7-19(36)34-11-4-6-16(13-34)35-23-20(22(27)28-14-29-23)21(32-35)24(37)31-25-30-17-12-15(26)8-9-18(17)38-25/h5,7-9,12,14,16H,3-4,6,10-11,13H2,1-2H3,(H2,27,28,29)(H,30,31,37)/b7-5+. The highest BCUT2D eigenvalue weighted by atomic mass is 35.5. The number of halogens is 1. The van der Waals surface area contributed by atoms with Crippen LogP contribution in [0.25, 0.3) is 22.1 Å². The van der Waals surface area contributed by atoms with Gasteiger partial charge in [0.25, 0.3) is 5.91 Å². The van der Waals surface area contributed by atoms with Gasteiger partial charge in [0.2, 0.25) is 5.91 Å². The van der Waals surface area contributed by atoms with Crippen molar-refractivity contribution in [3.05, 3.63) is 47.4 Å². The Kier molecular flexibility index (Phi) is 7.25. The van der Waals surface area contributed by atoms with Crippen LogP contribution in [0.4, 0.5) is 11.8 Å². The van der Waals surface area contributed by atoms with Crippen molar-refractivity contribution < 1.29 is 14.0 Å². The topological polar surface area (TPSA) is 148 Å². The van der Waals surface area contributed by atoms with Gasteiger partial charge in [-0.2, -0.15) is 10.1 Å². The maximum atomic E-state index is 13.3. The molecule has 1 aliphatic rings. The molecule has 0 radical (unpaired) electrons. The second-order valence-corrected chi connectivity index (χ2v) is 9.61. The number of piperidine rings is 1. The lowest BCUT2D eigenvalue weighted by Gasteiger charge is -2.32. The zero-order valence-electron chi connectivity index (χ0n) is 21.1. The number of oxazole rings is 1. The van der Waals surface area contributed by atoms with Crippen LogP contribution in [0.2, 0.25) is 5.02 Å². The molecular weight excluding hydrogens is 510 g/mol. The van der Waals surface area contributed by atoms with Crippen LogP contribution in [0.15, 0.2) is 41.1 Å². The normalized spacial score (nSPS) is 16.2. The highest BCUT2D eigenvalue weighted by Crippen LogP contribution is 2.29. The van der Waals surface area contributed by atoms with Crippen molar-refractivity contribution in [2.45, 2.75) is 25.8 Å². The molecule has 1 aliphatic heterocycles. The van der Waals surface area contributed by atoms with Gasteiger partial charge in [-0.25, -0.2) is 14.6 Å². The van der Waals surface area contributed by atoms with Gasteiger partial charge in [0, 0.05) is 30.7 Å². The summed E-state index contributed by atoms with van der Waals surface area (Å²) in [6.45, 7) is 4.74. The third kappa shape index (κ3) is 5.18. The maximum Gasteiger partial charge on any atom is 0.302 e. The highest BCUT2D eigenvalue weighted by Gasteiger charge is 2.30. The van der Waals surface area contributed by atoms with Crippen molar-refractivity contribution in [1.29, 1.82) is 0 Å². The smallest absolute Gasteiger partial charge is 0.302 e. The SMILES string of the molecule is CCN(C)C/C=C/C(=O)N1CCCC(n2nc(C(=O)Nc3nc4cc(Cl)ccc4o3)c3c(N)ncnc32)C1. The number of likely N-dealkylation sites (N-methyl/N-ethyl adjacent to an activating group) is 1. The van der Waals surface area contributed by atoms with Gasteiger partial charge in [-0.05, 0) is 44.6 Å². The molecule has 1 fully saturated rings. The number of anilines is 2. The number of benzene rings is 1. The average Bonchev–Trinajstić information content (AvgIpc) is 3.50. The first-order chi connectivity index (χ1) is 18.3. The third-order valence-electron chi connectivity index (χ3n) is 6.57. The molecule has 4 heterocycles. The first-order valence-electron chi connectivity index (χ1n) is 12.3. The van der Waals surface area contributed by atoms with Gasteiger partial charge in [-0.3, -0.25) is 14.9 Å². The van der Waals surface area contributed by atoms with E-state index in [-0.39, 0.29) is 29.5 Å². The van der Waals surface area contributed by atoms with E-state index in [2.05, 4.69) is 37.2 Å². The monoisotopic (exact) mass is 537 g/mol. The summed E-state index contributed by atoms with van der Waals surface area (Å²) in [5, 5.41) is 8.07. The number of rotatable bonds is 7. The summed E-state index contributed by atoms with van der Waals surface area (Å²) >= 11 is 6.02. The molecular formula is C25H28ClN9O3. The molecule has 4 aromatic rings. The van der Waals surface area contributed by atoms with E-state index >= 15 is 0 Å². The lowest BCUT2D eigenvalue weighted by molar-refractivity contribution is -0.127. The number of hydrogen-bond acceptors (Lipinski definition) is 9. The van der Waals surface area contributed by atoms with Crippen LogP contribution in [0.3, 0.4) is 0 Å². The van der Waals surface area contributed by atoms with E-state index in [1.54, 1.807) is 33.9 Å². The van der Waals surface area contributed by atoms with Gasteiger partial charge in [0.05, 0.1) is 11.4 Å². The Morgan fingerprint density at radius 3 is 3.00 bits per heavy atom. The predicted octanol–water partition coefficient (Wildman–Crippen LogP) is 3.13. The van der Waals surface area contributed by atoms with Crippen LogP contribution in [0, 0.1) is 0 Å². The number of nitrogens with two attached hydrogens (primary N) is 1. The number of nitrogen functional groups attached to an aromatic ring is 1. The molecule has 5 rings (SSSR count). The third-order valence-corrected chi connectivity index (χ3v) is 6.81. The van der Waals surface area contributed by atoms with Crippen molar-refractivity contribution in [3.8, 4) is 0 Å². The summed E-state index contributed by atoms with van der Waals surface area (Å²) in [5.41, 5.74) is 7.61. The maximum absolute atomic E-state index is 13.3. The van der Waals surface area contributed by atoms with Crippen LogP contribution in [-0.4, -0.2) is 79.6 Å². The van der Waals surface area contributed by atoms with Gasteiger partial charge in [0.1, 0.15) is 17.7 Å². The van der Waals surface area contributed by atoms with Gasteiger partial charge in [-0.1, -0.05) is 24.6 Å². The molecule has 2 amide bonds. The van der Waals surface area contributed by atoms with Gasteiger partial charge < -0.3 is 20.0 Å². The fourth-order valence-corrected chi connectivity index (χ4v) is 4.61. The second kappa shape index (κ2) is 10.8. The summed E-state index contributed by atoms with van der Waals surface area (Å²) in [4.78, 5) is 42.7. The Balaban J connectivity index is 1.40. The molecule has 38 heavy (non-hydrogen) atoms. The fraction of sp³-hybridized carbons (Fsp3) is 0.360. The molecule has 13 heteroatoms. The van der Waals surface area contributed by atoms with Gasteiger partial charge >= 0.3 is 6.01 Å². The molecule has 198 valence electrons. The molecule has 0 bridgehead atoms. The number of fused-ring (bicyclic) bond motifs is 2. The Hall–Kier alpha value is -4.03. The number of hydrogen-bond donors (Lipinski definition) is 2. The zero-order valence-corrected chi connectivity index (χ0v) is 21.9. The van der Waals surface area contributed by atoms with Crippen LogP contribution < -0.4 is 11.1 Å². The number of carbonyl (C=O) groups excluding carboxylic acids is 2. The quantitative estimate of drug-likeness (QED) is 0.339. The molecule has 1 atom stereocenters. The summed E-state index contributed by atoms with van der Waals surface area (Å²) in [6.07, 6.45) is 6.37. The minimum Gasteiger partial charge on any atom is -0.423 e. The van der Waals surface area contributed by atoms with E-state index in [4.69, 9.17) is 21.8 Å². The zero-order chi connectivity index (χ0) is 26.8. The summed E-state index contributed by atoms with van der Waals surface area (Å²) in [5.74, 6) is -0.499. The van der Waals surface area contributed by atoms with Crippen LogP contribution in [0.5, 0.6) is 0 Å². The Morgan fingerprint density at radius 1 is 1.34 bits per heavy atom. The summed E-state index contributed by atoms with van der Waals surface area (Å²) in [6, 6.07) is 4.79. The average molecular weight is 538 g/mol. The van der Waals surface area contributed by atoms with E-state index in [1.807, 2.05) is 13.1 Å². The van der Waals surface area contributed by atoms with Gasteiger partial charge in [-0.15, -0.1) is 0 Å². The first kappa shape index (κ1) is 25.6. The van der Waals surface area contributed by atoms with E-state index in [1.165, 1.54) is 6.33 Å². The van der Waals surface area contributed by atoms with Crippen molar-refractivity contribution in [3.63, 3.8) is 0 Å². The van der Waals surface area contributed by atoms with Gasteiger partial charge in [0.15, 0.2) is 16.9 Å². The van der Waals surface area contributed by atoms with E-state index < -0.39 is 5.91 Å². The number of amides is 2. The van der Waals surface area contributed by atoms with Crippen LogP contribution >= 0.6 is 11.6 Å². The molecule has 1 unspecified atom stereocenters. The molecule has 12 nitrogen and oxygen atoms in total. The second-order valence-electron chi connectivity index (χ2n) is 9.17. The minimum atomic E-state index is -0.570. The Bertz CT molecular complexity index is 1530. The molecule has 1 saturated heterocycles. The van der Waals surface area contributed by atoms with Crippen LogP contribution in [-0.2, 0) is 4.79 Å². The van der Waals surface area contributed by atoms with Crippen molar-refractivity contribution >= 4 is 57.4 Å². The fourth-order valence-electron chi connectivity index (χ4n) is 4.44. The molecule has 3 N–H and O–H groups in total. The molecule has 3 aromatic heterocycles. The van der Waals surface area contributed by atoms with E-state index in [0.29, 0.717) is 46.8 Å². The van der Waals surface area contributed by atoms with E-state index in [0.717, 1.165) is 19.4 Å². The first-order valence-corrected chi connectivity index (χ1v) is 12.7. The van der Waals surface area contributed by atoms with E-state index in [9.17, 15) is 9.59 Å². The number of likely N-dealkylation sites (tertiary alicyclic amines) is 1. The largest absolute Gasteiger partial charge is 0.423 e. The molecule has 0 saturated carbocycles. The molecule has 1 aromatic carbocycles. The van der Waals surface area contributed by atoms with Crippen LogP contribution in [0.1, 0.15) is 36.3 Å². The highest BCUT2D eigenvalue weighted by molar-refractivity contribution is 6.31. The Labute approximate surface area is 223 Å². The van der Waals surface area contributed by atoms with Crippen molar-refractivity contribution in [2.75, 3.05) is 44.3 Å². The number of nitrogens with zero attached hydrogens (tertiary/aromatic N) is 7. The number of aromatic nitrogens is 5. The molecule has 0 aliphatic carbocycles.